The van der Waals surface area contributed by atoms with E-state index in [1.165, 1.54) is 22.8 Å². The maximum Gasteiger partial charge on any atom is 0.234 e. The molecular weight excluding hydrogens is 276 g/mol. The quantitative estimate of drug-likeness (QED) is 0.625. The molecule has 1 amide bonds. The van der Waals surface area contributed by atoms with Crippen molar-refractivity contribution in [3.8, 4) is 0 Å². The van der Waals surface area contributed by atoms with Gasteiger partial charge in [-0.2, -0.15) is 0 Å². The zero-order chi connectivity index (χ0) is 14.5. The molecule has 0 radical (unpaired) electrons. The average molecular weight is 292 g/mol. The van der Waals surface area contributed by atoms with Gasteiger partial charge in [0.05, 0.1) is 5.75 Å². The Morgan fingerprint density at radius 1 is 1.40 bits per heavy atom. The molecule has 2 rings (SSSR count). The van der Waals surface area contributed by atoms with Crippen molar-refractivity contribution in [2.45, 2.75) is 5.16 Å². The number of hydrogen-bond acceptors (Lipinski definition) is 6. The second kappa shape index (κ2) is 6.29. The molecule has 0 aliphatic carbocycles. The largest absolute Gasteiger partial charge is 0.378 e. The van der Waals surface area contributed by atoms with Crippen LogP contribution in [0.1, 0.15) is 0 Å². The lowest BCUT2D eigenvalue weighted by Crippen LogP contribution is -2.16. The van der Waals surface area contributed by atoms with E-state index in [1.807, 2.05) is 43.3 Å². The number of carbonyl (C=O) groups excluding carboxylic acids is 1. The SMILES string of the molecule is CN(C)c1ccc(NC(=O)CSc2nncn2N)cc1. The first-order valence-electron chi connectivity index (χ1n) is 5.91. The number of nitrogen functional groups attached to an aromatic ring is 1. The van der Waals surface area contributed by atoms with Crippen LogP contribution in [0, 0.1) is 0 Å². The van der Waals surface area contributed by atoms with Gasteiger partial charge in [0.1, 0.15) is 6.33 Å². The van der Waals surface area contributed by atoms with Crippen molar-refractivity contribution in [1.29, 1.82) is 0 Å². The fourth-order valence-electron chi connectivity index (χ4n) is 1.51. The number of amides is 1. The number of aromatic nitrogens is 3. The number of rotatable bonds is 5. The lowest BCUT2D eigenvalue weighted by Gasteiger charge is -2.12. The fourth-order valence-corrected chi connectivity index (χ4v) is 2.14. The lowest BCUT2D eigenvalue weighted by atomic mass is 10.2. The van der Waals surface area contributed by atoms with E-state index in [9.17, 15) is 4.79 Å². The molecule has 0 atom stereocenters. The molecule has 7 nitrogen and oxygen atoms in total. The van der Waals surface area contributed by atoms with Gasteiger partial charge in [0.15, 0.2) is 0 Å². The van der Waals surface area contributed by atoms with Crippen LogP contribution in [0.2, 0.25) is 0 Å². The van der Waals surface area contributed by atoms with Gasteiger partial charge in [-0.15, -0.1) is 10.2 Å². The predicted molar refractivity (Wildman–Crippen MR) is 80.3 cm³/mol. The molecule has 1 aromatic carbocycles. The molecule has 0 spiro atoms. The van der Waals surface area contributed by atoms with Crippen LogP contribution in [0.4, 0.5) is 11.4 Å². The minimum atomic E-state index is -0.115. The third-order valence-electron chi connectivity index (χ3n) is 2.54. The van der Waals surface area contributed by atoms with Crippen LogP contribution in [0.3, 0.4) is 0 Å². The summed E-state index contributed by atoms with van der Waals surface area (Å²) in [7, 11) is 3.93. The number of nitrogens with one attached hydrogen (secondary N) is 1. The first-order valence-corrected chi connectivity index (χ1v) is 6.90. The molecule has 0 saturated carbocycles. The van der Waals surface area contributed by atoms with E-state index < -0.39 is 0 Å². The Hall–Kier alpha value is -2.22. The summed E-state index contributed by atoms with van der Waals surface area (Å²) < 4.78 is 1.28. The highest BCUT2D eigenvalue weighted by Gasteiger charge is 2.07. The zero-order valence-electron chi connectivity index (χ0n) is 11.3. The summed E-state index contributed by atoms with van der Waals surface area (Å²) in [5.74, 6) is 5.67. The topological polar surface area (TPSA) is 89.1 Å². The van der Waals surface area contributed by atoms with Gasteiger partial charge in [0.2, 0.25) is 11.1 Å². The first-order chi connectivity index (χ1) is 9.56. The molecule has 0 aliphatic heterocycles. The van der Waals surface area contributed by atoms with Crippen molar-refractivity contribution < 1.29 is 4.79 Å². The summed E-state index contributed by atoms with van der Waals surface area (Å²) in [5.41, 5.74) is 1.84. The molecule has 20 heavy (non-hydrogen) atoms. The number of thioether (sulfide) groups is 1. The fraction of sp³-hybridized carbons (Fsp3) is 0.250. The van der Waals surface area contributed by atoms with Gasteiger partial charge >= 0.3 is 0 Å². The van der Waals surface area contributed by atoms with E-state index >= 15 is 0 Å². The predicted octanol–water partition coefficient (Wildman–Crippen LogP) is 0.789. The first kappa shape index (κ1) is 14.2. The third-order valence-corrected chi connectivity index (χ3v) is 3.50. The molecule has 0 saturated heterocycles. The molecule has 1 heterocycles. The van der Waals surface area contributed by atoms with Crippen LogP contribution in [-0.4, -0.2) is 40.6 Å². The molecule has 0 bridgehead atoms. The van der Waals surface area contributed by atoms with Gasteiger partial charge in [-0.05, 0) is 24.3 Å². The molecule has 2 aromatic rings. The van der Waals surface area contributed by atoms with Gasteiger partial charge in [0, 0.05) is 25.5 Å². The minimum absolute atomic E-state index is 0.115. The Morgan fingerprint density at radius 3 is 2.65 bits per heavy atom. The van der Waals surface area contributed by atoms with Crippen LogP contribution in [-0.2, 0) is 4.79 Å². The summed E-state index contributed by atoms with van der Waals surface area (Å²) in [6.45, 7) is 0. The Kier molecular flexibility index (Phi) is 4.46. The highest BCUT2D eigenvalue weighted by molar-refractivity contribution is 7.99. The highest BCUT2D eigenvalue weighted by Crippen LogP contribution is 2.17. The van der Waals surface area contributed by atoms with Crippen LogP contribution in [0.5, 0.6) is 0 Å². The van der Waals surface area contributed by atoms with Gasteiger partial charge in [-0.3, -0.25) is 4.79 Å². The molecule has 0 fully saturated rings. The van der Waals surface area contributed by atoms with Crippen molar-refractivity contribution in [2.24, 2.45) is 0 Å². The molecule has 8 heteroatoms. The summed E-state index contributed by atoms with van der Waals surface area (Å²) in [6, 6.07) is 7.62. The number of carbonyl (C=O) groups is 1. The third kappa shape index (κ3) is 3.64. The van der Waals surface area contributed by atoms with E-state index in [4.69, 9.17) is 5.84 Å². The van der Waals surface area contributed by atoms with Crippen LogP contribution < -0.4 is 16.1 Å². The Bertz CT molecular complexity index is 580. The Labute approximate surface area is 121 Å². The summed E-state index contributed by atoms with van der Waals surface area (Å²) in [6.07, 6.45) is 1.39. The van der Waals surface area contributed by atoms with Crippen molar-refractivity contribution >= 4 is 29.0 Å². The minimum Gasteiger partial charge on any atom is -0.378 e. The lowest BCUT2D eigenvalue weighted by molar-refractivity contribution is -0.113. The highest BCUT2D eigenvalue weighted by atomic mass is 32.2. The van der Waals surface area contributed by atoms with Gasteiger partial charge in [-0.25, -0.2) is 4.68 Å². The van der Waals surface area contributed by atoms with Gasteiger partial charge < -0.3 is 16.1 Å². The van der Waals surface area contributed by atoms with E-state index in [0.717, 1.165) is 11.4 Å². The van der Waals surface area contributed by atoms with Crippen molar-refractivity contribution in [2.75, 3.05) is 35.9 Å². The second-order valence-electron chi connectivity index (χ2n) is 4.30. The van der Waals surface area contributed by atoms with Gasteiger partial charge in [0.25, 0.3) is 0 Å². The molecule has 0 unspecified atom stereocenters. The van der Waals surface area contributed by atoms with Crippen molar-refractivity contribution in [1.82, 2.24) is 14.9 Å². The van der Waals surface area contributed by atoms with Crippen molar-refractivity contribution in [3.05, 3.63) is 30.6 Å². The monoisotopic (exact) mass is 292 g/mol. The number of nitrogens with zero attached hydrogens (tertiary/aromatic N) is 4. The van der Waals surface area contributed by atoms with Crippen LogP contribution in [0.25, 0.3) is 0 Å². The van der Waals surface area contributed by atoms with Crippen molar-refractivity contribution in [3.63, 3.8) is 0 Å². The van der Waals surface area contributed by atoms with E-state index in [0.29, 0.717) is 5.16 Å². The molecule has 0 aliphatic rings. The number of anilines is 2. The van der Waals surface area contributed by atoms with E-state index in [1.54, 1.807) is 0 Å². The maximum absolute atomic E-state index is 11.8. The summed E-state index contributed by atoms with van der Waals surface area (Å²) in [4.78, 5) is 13.8. The molecule has 106 valence electrons. The summed E-state index contributed by atoms with van der Waals surface area (Å²) >= 11 is 1.23. The Balaban J connectivity index is 1.86. The van der Waals surface area contributed by atoms with Gasteiger partial charge in [-0.1, -0.05) is 11.8 Å². The standard InChI is InChI=1S/C12H16N6OS/c1-17(2)10-5-3-9(4-6-10)15-11(19)7-20-12-16-14-8-18(12)13/h3-6,8H,7,13H2,1-2H3,(H,15,19). The smallest absolute Gasteiger partial charge is 0.234 e. The summed E-state index contributed by atoms with van der Waals surface area (Å²) in [5, 5.41) is 10.7. The maximum atomic E-state index is 11.8. The Morgan fingerprint density at radius 2 is 2.10 bits per heavy atom. The average Bonchev–Trinajstić information content (AvgIpc) is 2.82. The molecule has 1 aromatic heterocycles. The molecular formula is C12H16N6OS. The zero-order valence-corrected chi connectivity index (χ0v) is 12.1. The second-order valence-corrected chi connectivity index (χ2v) is 5.24. The number of hydrogen-bond donors (Lipinski definition) is 2. The van der Waals surface area contributed by atoms with Crippen LogP contribution >= 0.6 is 11.8 Å². The van der Waals surface area contributed by atoms with E-state index in [2.05, 4.69) is 15.5 Å². The molecule has 3 N–H and O–H groups in total. The van der Waals surface area contributed by atoms with Crippen LogP contribution in [0.15, 0.2) is 35.7 Å². The normalized spacial score (nSPS) is 10.3. The number of nitrogens with two attached hydrogens (primary N) is 1. The van der Waals surface area contributed by atoms with E-state index in [-0.39, 0.29) is 11.7 Å². The number of benzene rings is 1.